The second-order valence-corrected chi connectivity index (χ2v) is 7.00. The van der Waals surface area contributed by atoms with E-state index in [1.165, 1.54) is 19.4 Å². The molecule has 1 aromatic heterocycles. The van der Waals surface area contributed by atoms with Gasteiger partial charge < -0.3 is 20.5 Å². The number of hydrazone groups is 1. The summed E-state index contributed by atoms with van der Waals surface area (Å²) in [7, 11) is 1.30. The number of benzene rings is 3. The highest BCUT2D eigenvalue weighted by molar-refractivity contribution is 5.86. The molecule has 0 aliphatic carbocycles. The molecule has 0 atom stereocenters. The Labute approximate surface area is 199 Å². The Bertz CT molecular complexity index is 1290. The summed E-state index contributed by atoms with van der Waals surface area (Å²) < 4.78 is 5.00. The van der Waals surface area contributed by atoms with E-state index in [1.807, 2.05) is 60.7 Å². The number of rotatable bonds is 9. The van der Waals surface area contributed by atoms with E-state index in [1.54, 1.807) is 0 Å². The number of nitrogens with zero attached hydrogens (tertiary/aromatic N) is 5. The molecule has 12 nitrogen and oxygen atoms in total. The maximum Gasteiger partial charge on any atom is 0.274 e. The normalized spacial score (nSPS) is 10.7. The Balaban J connectivity index is 1.61. The van der Waals surface area contributed by atoms with Crippen molar-refractivity contribution in [2.75, 3.05) is 23.2 Å². The van der Waals surface area contributed by atoms with Crippen LogP contribution in [0.2, 0.25) is 0 Å². The summed E-state index contributed by atoms with van der Waals surface area (Å²) >= 11 is 0. The van der Waals surface area contributed by atoms with E-state index in [2.05, 4.69) is 36.1 Å². The largest absolute Gasteiger partial charge is 0.504 e. The molecular formula is C23H20N8O4. The molecule has 0 saturated heterocycles. The second-order valence-electron chi connectivity index (χ2n) is 7.00. The van der Waals surface area contributed by atoms with Crippen LogP contribution in [0.25, 0.3) is 0 Å². The highest BCUT2D eigenvalue weighted by Crippen LogP contribution is 2.33. The fourth-order valence-electron chi connectivity index (χ4n) is 2.97. The Morgan fingerprint density at radius 3 is 1.97 bits per heavy atom. The summed E-state index contributed by atoms with van der Waals surface area (Å²) in [5, 5.41) is 31.7. The Kier molecular flexibility index (Phi) is 6.92. The van der Waals surface area contributed by atoms with Gasteiger partial charge in [0.25, 0.3) is 5.69 Å². The van der Waals surface area contributed by atoms with Gasteiger partial charge in [0, 0.05) is 23.0 Å². The molecule has 0 aliphatic heterocycles. The number of aromatic hydroxyl groups is 1. The van der Waals surface area contributed by atoms with Gasteiger partial charge in [0.1, 0.15) is 0 Å². The van der Waals surface area contributed by atoms with Crippen LogP contribution >= 0.6 is 0 Å². The summed E-state index contributed by atoms with van der Waals surface area (Å²) in [6.45, 7) is 0. The Morgan fingerprint density at radius 2 is 1.46 bits per heavy atom. The highest BCUT2D eigenvalue weighted by Gasteiger charge is 2.16. The second kappa shape index (κ2) is 10.6. The number of anilines is 5. The van der Waals surface area contributed by atoms with Crippen LogP contribution in [-0.2, 0) is 0 Å². The summed E-state index contributed by atoms with van der Waals surface area (Å²) in [6.07, 6.45) is 1.20. The minimum atomic E-state index is -0.595. The lowest BCUT2D eigenvalue weighted by Gasteiger charge is -2.10. The summed E-state index contributed by atoms with van der Waals surface area (Å²) in [6, 6.07) is 21.0. The van der Waals surface area contributed by atoms with Crippen LogP contribution in [0.3, 0.4) is 0 Å². The van der Waals surface area contributed by atoms with Crippen molar-refractivity contribution in [2.24, 2.45) is 5.10 Å². The third kappa shape index (κ3) is 5.96. The minimum Gasteiger partial charge on any atom is -0.504 e. The van der Waals surface area contributed by atoms with Crippen molar-refractivity contribution < 1.29 is 14.8 Å². The van der Waals surface area contributed by atoms with E-state index < -0.39 is 4.92 Å². The number of nitro groups is 1. The summed E-state index contributed by atoms with van der Waals surface area (Å²) in [5.74, 6) is 0.246. The van der Waals surface area contributed by atoms with Crippen molar-refractivity contribution in [3.05, 3.63) is 88.5 Å². The van der Waals surface area contributed by atoms with Gasteiger partial charge in [-0.3, -0.25) is 10.1 Å². The van der Waals surface area contributed by atoms with Gasteiger partial charge in [-0.15, -0.1) is 0 Å². The zero-order valence-electron chi connectivity index (χ0n) is 18.4. The average molecular weight is 472 g/mol. The van der Waals surface area contributed by atoms with E-state index in [-0.39, 0.29) is 40.6 Å². The number of hydrogen-bond donors (Lipinski definition) is 4. The van der Waals surface area contributed by atoms with Crippen molar-refractivity contribution in [3.63, 3.8) is 0 Å². The van der Waals surface area contributed by atoms with Crippen LogP contribution in [-0.4, -0.2) is 38.3 Å². The van der Waals surface area contributed by atoms with Crippen LogP contribution in [0.5, 0.6) is 11.5 Å². The molecule has 12 heteroatoms. The van der Waals surface area contributed by atoms with Gasteiger partial charge in [-0.05, 0) is 24.3 Å². The summed E-state index contributed by atoms with van der Waals surface area (Å²) in [4.78, 5) is 23.6. The number of non-ortho nitro benzene ring substituents is 1. The van der Waals surface area contributed by atoms with E-state index in [9.17, 15) is 15.2 Å². The molecule has 1 heterocycles. The number of phenolic OH excluding ortho intramolecular Hbond substituents is 1. The van der Waals surface area contributed by atoms with Gasteiger partial charge in [0.05, 0.1) is 24.3 Å². The predicted octanol–water partition coefficient (Wildman–Crippen LogP) is 4.43. The van der Waals surface area contributed by atoms with Gasteiger partial charge in [0.15, 0.2) is 11.5 Å². The van der Waals surface area contributed by atoms with Gasteiger partial charge in [-0.2, -0.15) is 20.1 Å². The molecule has 0 fully saturated rings. The van der Waals surface area contributed by atoms with E-state index in [4.69, 9.17) is 4.74 Å². The van der Waals surface area contributed by atoms with Crippen molar-refractivity contribution >= 4 is 41.1 Å². The quantitative estimate of drug-likeness (QED) is 0.156. The number of aromatic nitrogens is 3. The molecule has 4 N–H and O–H groups in total. The first-order chi connectivity index (χ1) is 17.0. The third-order valence-corrected chi connectivity index (χ3v) is 4.58. The first-order valence-electron chi connectivity index (χ1n) is 10.3. The lowest BCUT2D eigenvalue weighted by atomic mass is 10.2. The molecule has 0 unspecified atom stereocenters. The first-order valence-corrected chi connectivity index (χ1v) is 10.3. The molecule has 3 aromatic carbocycles. The maximum absolute atomic E-state index is 11.2. The fourth-order valence-corrected chi connectivity index (χ4v) is 2.97. The van der Waals surface area contributed by atoms with E-state index >= 15 is 0 Å². The van der Waals surface area contributed by atoms with Crippen LogP contribution < -0.4 is 20.8 Å². The number of methoxy groups -OCH3 is 1. The van der Waals surface area contributed by atoms with Gasteiger partial charge >= 0.3 is 0 Å². The van der Waals surface area contributed by atoms with Gasteiger partial charge in [0.2, 0.25) is 17.8 Å². The number of hydrogen-bond acceptors (Lipinski definition) is 11. The molecule has 4 rings (SSSR count). The number of nitro benzene ring substituents is 1. The van der Waals surface area contributed by atoms with Crippen LogP contribution in [0, 0.1) is 10.1 Å². The summed E-state index contributed by atoms with van der Waals surface area (Å²) in [5.41, 5.74) is 4.02. The van der Waals surface area contributed by atoms with Crippen molar-refractivity contribution in [2.45, 2.75) is 0 Å². The van der Waals surface area contributed by atoms with Crippen LogP contribution in [0.4, 0.5) is 34.9 Å². The number of phenols is 1. The minimum absolute atomic E-state index is 0.0514. The SMILES string of the molecule is COc1cc([N+](=O)[O-])cc(/C=N/Nc2nc(Nc3ccccc3)nc(Nc3ccccc3)n2)c1O. The molecule has 0 bridgehead atoms. The molecule has 35 heavy (non-hydrogen) atoms. The molecule has 0 spiro atoms. The molecule has 0 amide bonds. The lowest BCUT2D eigenvalue weighted by Crippen LogP contribution is -2.07. The smallest absolute Gasteiger partial charge is 0.274 e. The van der Waals surface area contributed by atoms with Crippen molar-refractivity contribution in [1.29, 1.82) is 0 Å². The highest BCUT2D eigenvalue weighted by atomic mass is 16.6. The maximum atomic E-state index is 11.2. The van der Waals surface area contributed by atoms with Gasteiger partial charge in [-0.1, -0.05) is 36.4 Å². The lowest BCUT2D eigenvalue weighted by molar-refractivity contribution is -0.385. The Hall–Kier alpha value is -5.26. The van der Waals surface area contributed by atoms with Gasteiger partial charge in [-0.25, -0.2) is 5.43 Å². The monoisotopic (exact) mass is 472 g/mol. The fraction of sp³-hybridized carbons (Fsp3) is 0.0435. The molecule has 0 radical (unpaired) electrons. The zero-order chi connectivity index (χ0) is 24.6. The number of ether oxygens (including phenoxy) is 1. The third-order valence-electron chi connectivity index (χ3n) is 4.58. The molecule has 0 saturated carbocycles. The van der Waals surface area contributed by atoms with Crippen LogP contribution in [0.15, 0.2) is 77.9 Å². The van der Waals surface area contributed by atoms with Crippen molar-refractivity contribution in [1.82, 2.24) is 15.0 Å². The number of nitrogens with one attached hydrogen (secondary N) is 3. The zero-order valence-corrected chi connectivity index (χ0v) is 18.4. The molecule has 4 aromatic rings. The van der Waals surface area contributed by atoms with E-state index in [0.717, 1.165) is 17.4 Å². The number of para-hydroxylation sites is 2. The first kappa shape index (κ1) is 22.9. The standard InChI is InChI=1S/C23H20N8O4/c1-35-19-13-18(31(33)34)12-15(20(19)32)14-24-30-23-28-21(25-16-8-4-2-5-9-16)27-22(29-23)26-17-10-6-3-7-11-17/h2-14,32H,1H3,(H3,25,26,27,28,29,30)/b24-14+. The molecule has 176 valence electrons. The van der Waals surface area contributed by atoms with Crippen LogP contribution in [0.1, 0.15) is 5.56 Å². The predicted molar refractivity (Wildman–Crippen MR) is 132 cm³/mol. The Morgan fingerprint density at radius 1 is 0.914 bits per heavy atom. The topological polar surface area (TPSA) is 160 Å². The molecular weight excluding hydrogens is 452 g/mol. The average Bonchev–Trinajstić information content (AvgIpc) is 2.86. The van der Waals surface area contributed by atoms with E-state index in [0.29, 0.717) is 0 Å². The van der Waals surface area contributed by atoms with Crippen molar-refractivity contribution in [3.8, 4) is 11.5 Å². The molecule has 0 aliphatic rings.